The number of aliphatic hydroxyl groups excluding tert-OH is 1. The first-order valence-electron chi connectivity index (χ1n) is 3.20. The van der Waals surface area contributed by atoms with E-state index in [1.807, 2.05) is 36.4 Å². The second kappa shape index (κ2) is 7.32. The van der Waals surface area contributed by atoms with Gasteiger partial charge in [0.2, 0.25) is 0 Å². The van der Waals surface area contributed by atoms with Crippen LogP contribution in [0.25, 0.3) is 6.08 Å². The second-order valence-electron chi connectivity index (χ2n) is 1.70. The molecule has 60 valence electrons. The average molecular weight is 171 g/mol. The van der Waals surface area contributed by atoms with E-state index in [2.05, 4.69) is 0 Å². The zero-order valence-corrected chi connectivity index (χ0v) is 7.12. The number of aliphatic hydroxyl groups is 1. The molecule has 0 fully saturated rings. The molecule has 11 heavy (non-hydrogen) atoms. The summed E-state index contributed by atoms with van der Waals surface area (Å²) in [5.74, 6) is 0. The van der Waals surface area contributed by atoms with Crippen molar-refractivity contribution in [2.75, 3.05) is 7.11 Å². The molecule has 0 amide bonds. The molecule has 0 saturated carbocycles. The van der Waals surface area contributed by atoms with E-state index < -0.39 is 0 Å². The zero-order chi connectivity index (χ0) is 8.53. The lowest BCUT2D eigenvalue weighted by Crippen LogP contribution is -1.64. The third-order valence-corrected chi connectivity index (χ3v) is 1.18. The molecule has 0 aliphatic carbocycles. The maximum Gasteiger partial charge on any atom is 0.0319 e. The Kier molecular flexibility index (Phi) is 6.79. The molecule has 0 bridgehead atoms. The lowest BCUT2D eigenvalue weighted by Gasteiger charge is -1.86. The van der Waals surface area contributed by atoms with Crippen molar-refractivity contribution < 1.29 is 5.11 Å². The van der Waals surface area contributed by atoms with Crippen LogP contribution >= 0.6 is 11.6 Å². The summed E-state index contributed by atoms with van der Waals surface area (Å²) in [4.78, 5) is 0. The molecule has 1 N–H and O–H groups in total. The van der Waals surface area contributed by atoms with Crippen LogP contribution in [0.2, 0.25) is 0 Å². The fraction of sp³-hybridized carbons (Fsp3) is 0.111. The van der Waals surface area contributed by atoms with Crippen LogP contribution in [0, 0.1) is 0 Å². The summed E-state index contributed by atoms with van der Waals surface area (Å²) < 4.78 is 0. The van der Waals surface area contributed by atoms with Crippen LogP contribution in [-0.2, 0) is 0 Å². The van der Waals surface area contributed by atoms with E-state index >= 15 is 0 Å². The Labute approximate surface area is 71.9 Å². The molecule has 0 spiro atoms. The lowest BCUT2D eigenvalue weighted by molar-refractivity contribution is 0.399. The van der Waals surface area contributed by atoms with Crippen LogP contribution in [0.5, 0.6) is 0 Å². The van der Waals surface area contributed by atoms with Crippen molar-refractivity contribution in [3.63, 3.8) is 0 Å². The summed E-state index contributed by atoms with van der Waals surface area (Å²) in [7, 11) is 1.00. The van der Waals surface area contributed by atoms with Crippen molar-refractivity contribution in [3.8, 4) is 0 Å². The van der Waals surface area contributed by atoms with Gasteiger partial charge in [-0.1, -0.05) is 41.9 Å². The van der Waals surface area contributed by atoms with Gasteiger partial charge in [0.25, 0.3) is 0 Å². The van der Waals surface area contributed by atoms with Gasteiger partial charge in [0, 0.05) is 12.6 Å². The molecule has 1 rings (SSSR count). The second-order valence-corrected chi connectivity index (χ2v) is 1.96. The van der Waals surface area contributed by atoms with E-state index in [1.165, 1.54) is 5.54 Å². The average Bonchev–Trinajstić information content (AvgIpc) is 2.11. The molecule has 2 heteroatoms. The number of hydrogen-bond acceptors (Lipinski definition) is 1. The van der Waals surface area contributed by atoms with Gasteiger partial charge in [-0.3, -0.25) is 0 Å². The molecule has 0 unspecified atom stereocenters. The van der Waals surface area contributed by atoms with Gasteiger partial charge in [0.1, 0.15) is 0 Å². The predicted molar refractivity (Wildman–Crippen MR) is 49.5 cm³/mol. The highest BCUT2D eigenvalue weighted by Crippen LogP contribution is 2.00. The van der Waals surface area contributed by atoms with E-state index in [-0.39, 0.29) is 0 Å². The summed E-state index contributed by atoms with van der Waals surface area (Å²) >= 11 is 5.36. The Morgan fingerprint density at radius 1 is 1.18 bits per heavy atom. The maximum atomic E-state index is 7.00. The SMILES string of the molecule is CO.ClC=Cc1ccccc1. The van der Waals surface area contributed by atoms with Gasteiger partial charge in [-0.15, -0.1) is 0 Å². The highest BCUT2D eigenvalue weighted by atomic mass is 35.5. The first-order chi connectivity index (χ1) is 5.43. The minimum atomic E-state index is 1.00. The van der Waals surface area contributed by atoms with Gasteiger partial charge in [-0.05, 0) is 11.6 Å². The van der Waals surface area contributed by atoms with E-state index in [4.69, 9.17) is 16.7 Å². The van der Waals surface area contributed by atoms with Gasteiger partial charge in [-0.25, -0.2) is 0 Å². The monoisotopic (exact) mass is 170 g/mol. The van der Waals surface area contributed by atoms with Gasteiger partial charge >= 0.3 is 0 Å². The number of benzene rings is 1. The van der Waals surface area contributed by atoms with Gasteiger partial charge in [-0.2, -0.15) is 0 Å². The van der Waals surface area contributed by atoms with Gasteiger partial charge < -0.3 is 5.11 Å². The highest BCUT2D eigenvalue weighted by Gasteiger charge is 1.78. The Morgan fingerprint density at radius 2 is 1.73 bits per heavy atom. The maximum absolute atomic E-state index is 7.00. The van der Waals surface area contributed by atoms with Gasteiger partial charge in [0.15, 0.2) is 0 Å². The molecular formula is C9H11ClO. The summed E-state index contributed by atoms with van der Waals surface area (Å²) in [5, 5.41) is 7.00. The van der Waals surface area contributed by atoms with Crippen LogP contribution in [0.4, 0.5) is 0 Å². The molecule has 1 nitrogen and oxygen atoms in total. The smallest absolute Gasteiger partial charge is 0.0319 e. The van der Waals surface area contributed by atoms with E-state index in [0.717, 1.165) is 12.7 Å². The molecular weight excluding hydrogens is 160 g/mol. The fourth-order valence-corrected chi connectivity index (χ4v) is 0.782. The molecule has 0 aromatic heterocycles. The molecule has 0 heterocycles. The Morgan fingerprint density at radius 3 is 2.18 bits per heavy atom. The van der Waals surface area contributed by atoms with Crippen molar-refractivity contribution in [2.45, 2.75) is 0 Å². The van der Waals surface area contributed by atoms with Gasteiger partial charge in [0.05, 0.1) is 0 Å². The Bertz CT molecular complexity index is 194. The van der Waals surface area contributed by atoms with Crippen molar-refractivity contribution >= 4 is 17.7 Å². The molecule has 1 aromatic rings. The van der Waals surface area contributed by atoms with Crippen LogP contribution < -0.4 is 0 Å². The lowest BCUT2D eigenvalue weighted by atomic mass is 10.2. The number of hydrogen-bond donors (Lipinski definition) is 1. The molecule has 0 aliphatic rings. The fourth-order valence-electron chi connectivity index (χ4n) is 0.637. The van der Waals surface area contributed by atoms with E-state index in [0.29, 0.717) is 0 Å². The molecule has 0 aliphatic heterocycles. The zero-order valence-electron chi connectivity index (χ0n) is 6.37. The largest absolute Gasteiger partial charge is 0.400 e. The summed E-state index contributed by atoms with van der Waals surface area (Å²) in [6.45, 7) is 0. The number of halogens is 1. The van der Waals surface area contributed by atoms with E-state index in [9.17, 15) is 0 Å². The van der Waals surface area contributed by atoms with E-state index in [1.54, 1.807) is 0 Å². The van der Waals surface area contributed by atoms with Crippen LogP contribution in [0.15, 0.2) is 35.9 Å². The van der Waals surface area contributed by atoms with Crippen molar-refractivity contribution in [1.82, 2.24) is 0 Å². The molecule has 1 aromatic carbocycles. The van der Waals surface area contributed by atoms with Crippen molar-refractivity contribution in [2.24, 2.45) is 0 Å². The summed E-state index contributed by atoms with van der Waals surface area (Å²) in [6.07, 6.45) is 1.85. The normalized spacial score (nSPS) is 9.00. The third-order valence-electron chi connectivity index (χ3n) is 1.06. The summed E-state index contributed by atoms with van der Waals surface area (Å²) in [6, 6.07) is 9.93. The first-order valence-corrected chi connectivity index (χ1v) is 3.63. The summed E-state index contributed by atoms with van der Waals surface area (Å²) in [5.41, 5.74) is 2.64. The predicted octanol–water partition coefficient (Wildman–Crippen LogP) is 2.50. The quantitative estimate of drug-likeness (QED) is 0.687. The van der Waals surface area contributed by atoms with Crippen molar-refractivity contribution in [3.05, 3.63) is 41.4 Å². The highest BCUT2D eigenvalue weighted by molar-refractivity contribution is 6.27. The number of rotatable bonds is 1. The third kappa shape index (κ3) is 4.59. The van der Waals surface area contributed by atoms with Crippen LogP contribution in [0.1, 0.15) is 5.56 Å². The first kappa shape index (κ1) is 10.2. The molecule has 0 radical (unpaired) electrons. The Balaban J connectivity index is 0.000000461. The Hall–Kier alpha value is -0.790. The van der Waals surface area contributed by atoms with Crippen LogP contribution in [-0.4, -0.2) is 12.2 Å². The van der Waals surface area contributed by atoms with Crippen molar-refractivity contribution in [1.29, 1.82) is 0 Å². The minimum absolute atomic E-state index is 1.00. The topological polar surface area (TPSA) is 20.2 Å². The van der Waals surface area contributed by atoms with Crippen LogP contribution in [0.3, 0.4) is 0 Å². The molecule has 0 atom stereocenters. The minimum Gasteiger partial charge on any atom is -0.400 e. The molecule has 0 saturated heterocycles. The standard InChI is InChI=1S/C8H7Cl.CH4O/c9-7-6-8-4-2-1-3-5-8;1-2/h1-7H;2H,1H3.